The monoisotopic (exact) mass is 460 g/mol. The molecule has 1 aliphatic heterocycles. The summed E-state index contributed by atoms with van der Waals surface area (Å²) < 4.78 is 6.42. The van der Waals surface area contributed by atoms with Gasteiger partial charge >= 0.3 is 0 Å². The van der Waals surface area contributed by atoms with E-state index in [0.717, 1.165) is 27.0 Å². The summed E-state index contributed by atoms with van der Waals surface area (Å²) in [4.78, 5) is 19.8. The van der Waals surface area contributed by atoms with Crippen LogP contribution in [0, 0.1) is 6.92 Å². The van der Waals surface area contributed by atoms with E-state index in [1.165, 1.54) is 5.56 Å². The van der Waals surface area contributed by atoms with Gasteiger partial charge in [-0.25, -0.2) is 4.99 Å². The summed E-state index contributed by atoms with van der Waals surface area (Å²) in [5.74, 6) is 1.20. The van der Waals surface area contributed by atoms with E-state index in [1.54, 1.807) is 4.90 Å². The van der Waals surface area contributed by atoms with E-state index in [0.29, 0.717) is 18.1 Å². The molecule has 0 spiro atoms. The van der Waals surface area contributed by atoms with Crippen molar-refractivity contribution in [2.24, 2.45) is 4.99 Å². The lowest BCUT2D eigenvalue weighted by atomic mass is 10.1. The van der Waals surface area contributed by atoms with Crippen LogP contribution in [0.25, 0.3) is 6.08 Å². The van der Waals surface area contributed by atoms with E-state index >= 15 is 0 Å². The molecule has 0 radical (unpaired) electrons. The van der Waals surface area contributed by atoms with Gasteiger partial charge in [0.1, 0.15) is 17.3 Å². The van der Waals surface area contributed by atoms with Crippen molar-refractivity contribution in [2.45, 2.75) is 13.8 Å². The van der Waals surface area contributed by atoms with E-state index in [9.17, 15) is 4.79 Å². The zero-order valence-electron chi connectivity index (χ0n) is 16.8. The maximum atomic E-state index is 13.4. The number of halogens is 1. The smallest absolute Gasteiger partial charge is 0.282 e. The summed E-state index contributed by atoms with van der Waals surface area (Å²) >= 11 is 3.59. The van der Waals surface area contributed by atoms with Crippen LogP contribution in [-0.2, 0) is 4.79 Å². The van der Waals surface area contributed by atoms with Crippen molar-refractivity contribution in [1.82, 2.24) is 0 Å². The third-order valence-corrected chi connectivity index (χ3v) is 5.45. The van der Waals surface area contributed by atoms with Crippen molar-refractivity contribution in [3.8, 4) is 5.75 Å². The minimum Gasteiger partial charge on any atom is -0.494 e. The Labute approximate surface area is 184 Å². The Bertz CT molecular complexity index is 1130. The third-order valence-electron chi connectivity index (χ3n) is 4.76. The van der Waals surface area contributed by atoms with Gasteiger partial charge in [-0.2, -0.15) is 0 Å². The van der Waals surface area contributed by atoms with E-state index in [-0.39, 0.29) is 5.91 Å². The molecule has 0 aromatic heterocycles. The van der Waals surface area contributed by atoms with Gasteiger partial charge < -0.3 is 4.74 Å². The molecule has 0 unspecified atom stereocenters. The predicted molar refractivity (Wildman–Crippen MR) is 125 cm³/mol. The lowest BCUT2D eigenvalue weighted by molar-refractivity contribution is -0.113. The first-order valence-electron chi connectivity index (χ1n) is 9.76. The van der Waals surface area contributed by atoms with Crippen molar-refractivity contribution < 1.29 is 9.53 Å². The largest absolute Gasteiger partial charge is 0.494 e. The van der Waals surface area contributed by atoms with Crippen LogP contribution in [0.5, 0.6) is 5.75 Å². The molecule has 4 nitrogen and oxygen atoms in total. The van der Waals surface area contributed by atoms with Crippen molar-refractivity contribution in [2.75, 3.05) is 11.5 Å². The minimum absolute atomic E-state index is 0.162. The van der Waals surface area contributed by atoms with Gasteiger partial charge in [0.15, 0.2) is 0 Å². The van der Waals surface area contributed by atoms with Crippen LogP contribution in [0.3, 0.4) is 0 Å². The van der Waals surface area contributed by atoms with Crippen LogP contribution in [0.2, 0.25) is 0 Å². The second-order valence-electron chi connectivity index (χ2n) is 6.92. The number of ether oxygens (including phenoxy) is 1. The molecule has 0 aliphatic carbocycles. The van der Waals surface area contributed by atoms with E-state index in [1.807, 2.05) is 92.7 Å². The molecule has 150 valence electrons. The molecule has 1 heterocycles. The van der Waals surface area contributed by atoms with Gasteiger partial charge in [0.2, 0.25) is 0 Å². The number of amidine groups is 1. The summed E-state index contributed by atoms with van der Waals surface area (Å²) in [5.41, 5.74) is 4.10. The maximum Gasteiger partial charge on any atom is 0.282 e. The highest BCUT2D eigenvalue weighted by Gasteiger charge is 2.33. The lowest BCUT2D eigenvalue weighted by Crippen LogP contribution is -2.32. The second kappa shape index (κ2) is 8.67. The second-order valence-corrected chi connectivity index (χ2v) is 7.78. The molecule has 0 saturated carbocycles. The zero-order chi connectivity index (χ0) is 21.1. The van der Waals surface area contributed by atoms with Crippen LogP contribution >= 0.6 is 15.9 Å². The molecule has 30 heavy (non-hydrogen) atoms. The van der Waals surface area contributed by atoms with Crippen molar-refractivity contribution in [1.29, 1.82) is 0 Å². The average Bonchev–Trinajstić information content (AvgIpc) is 3.07. The fourth-order valence-electron chi connectivity index (χ4n) is 3.26. The van der Waals surface area contributed by atoms with Crippen LogP contribution < -0.4 is 9.64 Å². The number of amides is 1. The Kier molecular flexibility index (Phi) is 5.81. The van der Waals surface area contributed by atoms with E-state index in [2.05, 4.69) is 15.9 Å². The fourth-order valence-corrected chi connectivity index (χ4v) is 3.72. The number of anilines is 1. The number of hydrogen-bond acceptors (Lipinski definition) is 3. The summed E-state index contributed by atoms with van der Waals surface area (Å²) in [6.07, 6.45) is 1.83. The minimum atomic E-state index is -0.162. The number of rotatable bonds is 5. The normalized spacial score (nSPS) is 14.9. The molecule has 0 N–H and O–H groups in total. The standard InChI is InChI=1S/C25H21BrN2O2/c1-3-30-20-14-12-19(13-15-20)28-24(21-6-4-5-7-22(21)26)27-23(25(28)29)16-18-10-8-17(2)9-11-18/h4-16H,3H2,1-2H3/b23-16+. The Morgan fingerprint density at radius 3 is 2.37 bits per heavy atom. The molecular formula is C25H21BrN2O2. The van der Waals surface area contributed by atoms with Crippen molar-refractivity contribution >= 4 is 39.4 Å². The molecule has 0 fully saturated rings. The highest BCUT2D eigenvalue weighted by Crippen LogP contribution is 2.31. The van der Waals surface area contributed by atoms with E-state index < -0.39 is 0 Å². The van der Waals surface area contributed by atoms with Gasteiger partial charge in [-0.1, -0.05) is 64.0 Å². The number of hydrogen-bond donors (Lipinski definition) is 0. The number of carbonyl (C=O) groups is 1. The summed E-state index contributed by atoms with van der Waals surface area (Å²) in [7, 11) is 0. The number of benzene rings is 3. The Morgan fingerprint density at radius 2 is 1.70 bits per heavy atom. The first-order chi connectivity index (χ1) is 14.6. The van der Waals surface area contributed by atoms with Gasteiger partial charge in [-0.05, 0) is 55.8 Å². The SMILES string of the molecule is CCOc1ccc(N2C(=O)/C(=C\c3ccc(C)cc3)N=C2c2ccccc2Br)cc1. The average molecular weight is 461 g/mol. The topological polar surface area (TPSA) is 41.9 Å². The van der Waals surface area contributed by atoms with Crippen LogP contribution in [0.15, 0.2) is 88.0 Å². The molecule has 1 amide bonds. The van der Waals surface area contributed by atoms with Crippen molar-refractivity contribution in [3.05, 3.63) is 99.7 Å². The quantitative estimate of drug-likeness (QED) is 0.438. The molecule has 5 heteroatoms. The number of carbonyl (C=O) groups excluding carboxylic acids is 1. The predicted octanol–water partition coefficient (Wildman–Crippen LogP) is 5.99. The van der Waals surface area contributed by atoms with Crippen LogP contribution in [0.1, 0.15) is 23.6 Å². The zero-order valence-corrected chi connectivity index (χ0v) is 18.4. The molecule has 3 aromatic carbocycles. The summed E-state index contributed by atoms with van der Waals surface area (Å²) in [5, 5.41) is 0. The molecule has 0 saturated heterocycles. The van der Waals surface area contributed by atoms with E-state index in [4.69, 9.17) is 9.73 Å². The maximum absolute atomic E-state index is 13.4. The summed E-state index contributed by atoms with van der Waals surface area (Å²) in [6.45, 7) is 4.57. The van der Waals surface area contributed by atoms with Crippen LogP contribution in [-0.4, -0.2) is 18.3 Å². The molecular weight excluding hydrogens is 440 g/mol. The van der Waals surface area contributed by atoms with Gasteiger partial charge in [0.05, 0.1) is 12.3 Å². The van der Waals surface area contributed by atoms with Crippen LogP contribution in [0.4, 0.5) is 5.69 Å². The Morgan fingerprint density at radius 1 is 1.00 bits per heavy atom. The number of nitrogens with zero attached hydrogens (tertiary/aromatic N) is 2. The van der Waals surface area contributed by atoms with Gasteiger partial charge in [0, 0.05) is 10.0 Å². The number of aryl methyl sites for hydroxylation is 1. The Hall–Kier alpha value is -3.18. The molecule has 4 rings (SSSR count). The summed E-state index contributed by atoms with van der Waals surface area (Å²) in [6, 6.07) is 23.3. The number of aliphatic imine (C=N–C) groups is 1. The Balaban J connectivity index is 1.79. The van der Waals surface area contributed by atoms with Gasteiger partial charge in [-0.3, -0.25) is 9.69 Å². The molecule has 3 aromatic rings. The van der Waals surface area contributed by atoms with Crippen molar-refractivity contribution in [3.63, 3.8) is 0 Å². The molecule has 0 atom stereocenters. The fraction of sp³-hybridized carbons (Fsp3) is 0.120. The lowest BCUT2D eigenvalue weighted by Gasteiger charge is -2.19. The highest BCUT2D eigenvalue weighted by molar-refractivity contribution is 9.10. The molecule has 0 bridgehead atoms. The first-order valence-corrected chi connectivity index (χ1v) is 10.6. The third kappa shape index (κ3) is 4.07. The van der Waals surface area contributed by atoms with Gasteiger partial charge in [0.25, 0.3) is 5.91 Å². The molecule has 1 aliphatic rings. The van der Waals surface area contributed by atoms with Gasteiger partial charge in [-0.15, -0.1) is 0 Å². The highest BCUT2D eigenvalue weighted by atomic mass is 79.9. The first kappa shape index (κ1) is 20.1.